The van der Waals surface area contributed by atoms with Crippen molar-refractivity contribution in [2.24, 2.45) is 0 Å². The first-order valence-corrected chi connectivity index (χ1v) is 9.31. The number of aryl methyl sites for hydroxylation is 1. The number of phenols is 1. The van der Waals surface area contributed by atoms with E-state index >= 15 is 0 Å². The van der Waals surface area contributed by atoms with E-state index in [9.17, 15) is 18.3 Å². The predicted octanol–water partition coefficient (Wildman–Crippen LogP) is 3.33. The van der Waals surface area contributed by atoms with E-state index in [1.807, 2.05) is 13.0 Å². The molecule has 0 spiro atoms. The third-order valence-electron chi connectivity index (χ3n) is 5.05. The van der Waals surface area contributed by atoms with Gasteiger partial charge in [-0.15, -0.1) is 10.2 Å². The average molecular weight is 406 g/mol. The van der Waals surface area contributed by atoms with Crippen LogP contribution in [0.1, 0.15) is 24.1 Å². The van der Waals surface area contributed by atoms with Crippen LogP contribution in [0.3, 0.4) is 0 Å². The van der Waals surface area contributed by atoms with E-state index in [0.717, 1.165) is 32.0 Å². The Kier molecular flexibility index (Phi) is 4.81. The highest BCUT2D eigenvalue weighted by atomic mass is 19.4. The smallest absolute Gasteiger partial charge is 0.416 e. The van der Waals surface area contributed by atoms with Crippen molar-refractivity contribution in [3.63, 3.8) is 0 Å². The summed E-state index contributed by atoms with van der Waals surface area (Å²) in [6.45, 7) is 3.74. The first-order chi connectivity index (χ1) is 13.7. The molecule has 1 aromatic carbocycles. The molecule has 10 heteroatoms. The number of piperidine rings is 1. The second kappa shape index (κ2) is 7.18. The zero-order valence-corrected chi connectivity index (χ0v) is 16.0. The molecule has 1 aliphatic rings. The monoisotopic (exact) mass is 406 g/mol. The van der Waals surface area contributed by atoms with E-state index < -0.39 is 17.5 Å². The summed E-state index contributed by atoms with van der Waals surface area (Å²) in [4.78, 5) is 2.24. The fraction of sp³-hybridized carbons (Fsp3) is 0.421. The summed E-state index contributed by atoms with van der Waals surface area (Å²) in [5, 5.41) is 26.4. The van der Waals surface area contributed by atoms with Crippen molar-refractivity contribution >= 4 is 11.3 Å². The lowest BCUT2D eigenvalue weighted by Crippen LogP contribution is -2.40. The van der Waals surface area contributed by atoms with Crippen molar-refractivity contribution in [1.29, 1.82) is 0 Å². The Labute approximate surface area is 165 Å². The first kappa shape index (κ1) is 19.4. The Balaban J connectivity index is 1.74. The molecule has 0 amide bonds. The van der Waals surface area contributed by atoms with Crippen LogP contribution in [0.15, 0.2) is 24.3 Å². The molecule has 3 aromatic rings. The molecule has 1 atom stereocenters. The van der Waals surface area contributed by atoms with Gasteiger partial charge in [0.05, 0.1) is 16.8 Å². The van der Waals surface area contributed by atoms with E-state index in [0.29, 0.717) is 23.1 Å². The van der Waals surface area contributed by atoms with Crippen LogP contribution < -0.4 is 5.32 Å². The van der Waals surface area contributed by atoms with Crippen LogP contribution >= 0.6 is 0 Å². The minimum atomic E-state index is -4.54. The molecule has 4 rings (SSSR count). The van der Waals surface area contributed by atoms with Gasteiger partial charge in [0.15, 0.2) is 11.6 Å². The maximum Gasteiger partial charge on any atom is 0.416 e. The number of benzene rings is 1. The summed E-state index contributed by atoms with van der Waals surface area (Å²) < 4.78 is 40.2. The molecule has 2 N–H and O–H groups in total. The zero-order valence-electron chi connectivity index (χ0n) is 16.0. The Morgan fingerprint density at radius 1 is 1.21 bits per heavy atom. The summed E-state index contributed by atoms with van der Waals surface area (Å²) in [5.41, 5.74) is 0.554. The van der Waals surface area contributed by atoms with Gasteiger partial charge in [0, 0.05) is 12.6 Å². The van der Waals surface area contributed by atoms with Crippen LogP contribution in [0.2, 0.25) is 0 Å². The Bertz CT molecular complexity index is 1050. The van der Waals surface area contributed by atoms with Gasteiger partial charge >= 0.3 is 6.18 Å². The minimum Gasteiger partial charge on any atom is -0.507 e. The van der Waals surface area contributed by atoms with Gasteiger partial charge in [-0.25, -0.2) is 4.52 Å². The molecule has 0 unspecified atom stereocenters. The molecular formula is C19H21F3N6O. The fourth-order valence-corrected chi connectivity index (χ4v) is 3.67. The standard InChI is InChI=1S/C19H21F3N6O/c1-11-8-15-17(23-13-4-3-7-27(2)10-13)24-25-18(28(15)26-11)14-6-5-12(9-16(14)29)19(20,21)22/h5-6,8-9,13,29H,3-4,7,10H2,1-2H3,(H,23,24)/t13-/m1/s1. The number of fused-ring (bicyclic) bond motifs is 1. The molecule has 7 nitrogen and oxygen atoms in total. The van der Waals surface area contributed by atoms with Crippen molar-refractivity contribution in [2.45, 2.75) is 32.0 Å². The highest BCUT2D eigenvalue weighted by Crippen LogP contribution is 2.36. The third kappa shape index (κ3) is 3.84. The van der Waals surface area contributed by atoms with Gasteiger partial charge in [0.2, 0.25) is 0 Å². The van der Waals surface area contributed by atoms with Gasteiger partial charge in [-0.3, -0.25) is 0 Å². The number of rotatable bonds is 3. The molecule has 29 heavy (non-hydrogen) atoms. The number of hydrogen-bond acceptors (Lipinski definition) is 6. The van der Waals surface area contributed by atoms with Gasteiger partial charge in [0.25, 0.3) is 0 Å². The fourth-order valence-electron chi connectivity index (χ4n) is 3.67. The maximum absolute atomic E-state index is 12.9. The number of nitrogens with one attached hydrogen (secondary N) is 1. The summed E-state index contributed by atoms with van der Waals surface area (Å²) in [6.07, 6.45) is -2.46. The van der Waals surface area contributed by atoms with E-state index in [4.69, 9.17) is 0 Å². The van der Waals surface area contributed by atoms with Gasteiger partial charge in [-0.05, 0) is 57.6 Å². The summed E-state index contributed by atoms with van der Waals surface area (Å²) in [6, 6.07) is 4.81. The topological polar surface area (TPSA) is 78.6 Å². The molecule has 0 aliphatic carbocycles. The van der Waals surface area contributed by atoms with Crippen LogP contribution in [0.4, 0.5) is 19.0 Å². The number of halogens is 3. The molecular weight excluding hydrogens is 385 g/mol. The highest BCUT2D eigenvalue weighted by Gasteiger charge is 2.31. The minimum absolute atomic E-state index is 0.127. The molecule has 0 saturated carbocycles. The molecule has 0 bridgehead atoms. The number of phenolic OH excluding ortho intramolecular Hbond substituents is 1. The van der Waals surface area contributed by atoms with Crippen molar-refractivity contribution < 1.29 is 18.3 Å². The van der Waals surface area contributed by atoms with E-state index in [1.165, 1.54) is 10.6 Å². The number of anilines is 1. The van der Waals surface area contributed by atoms with Crippen LogP contribution in [0.25, 0.3) is 16.9 Å². The number of hydrogen-bond donors (Lipinski definition) is 2. The van der Waals surface area contributed by atoms with Crippen LogP contribution in [-0.2, 0) is 6.18 Å². The summed E-state index contributed by atoms with van der Waals surface area (Å²) in [5.74, 6) is 0.199. The largest absolute Gasteiger partial charge is 0.507 e. The van der Waals surface area contributed by atoms with Crippen LogP contribution in [-0.4, -0.2) is 56.0 Å². The van der Waals surface area contributed by atoms with E-state index in [2.05, 4.69) is 32.6 Å². The molecule has 1 aliphatic heterocycles. The average Bonchev–Trinajstić information content (AvgIpc) is 3.03. The second-order valence-electron chi connectivity index (χ2n) is 7.43. The van der Waals surface area contributed by atoms with Crippen molar-refractivity contribution in [3.8, 4) is 17.1 Å². The maximum atomic E-state index is 12.9. The summed E-state index contributed by atoms with van der Waals surface area (Å²) >= 11 is 0. The molecule has 1 fully saturated rings. The van der Waals surface area contributed by atoms with Gasteiger partial charge in [0.1, 0.15) is 11.3 Å². The SMILES string of the molecule is Cc1cc2c(N[C@@H]3CCCN(C)C3)nnc(-c3ccc(C(F)(F)F)cc3O)n2n1. The molecule has 0 radical (unpaired) electrons. The molecule has 2 aromatic heterocycles. The summed E-state index contributed by atoms with van der Waals surface area (Å²) in [7, 11) is 2.06. The van der Waals surface area contributed by atoms with E-state index in [1.54, 1.807) is 0 Å². The van der Waals surface area contributed by atoms with Gasteiger partial charge < -0.3 is 15.3 Å². The molecule has 154 valence electrons. The van der Waals surface area contributed by atoms with Crippen molar-refractivity contribution in [1.82, 2.24) is 24.7 Å². The number of alkyl halides is 3. The third-order valence-corrected chi connectivity index (χ3v) is 5.05. The lowest BCUT2D eigenvalue weighted by atomic mass is 10.1. The predicted molar refractivity (Wildman–Crippen MR) is 102 cm³/mol. The Morgan fingerprint density at radius 3 is 2.69 bits per heavy atom. The van der Waals surface area contributed by atoms with E-state index in [-0.39, 0.29) is 17.4 Å². The van der Waals surface area contributed by atoms with Crippen LogP contribution in [0, 0.1) is 6.92 Å². The lowest BCUT2D eigenvalue weighted by molar-refractivity contribution is -0.137. The van der Waals surface area contributed by atoms with Gasteiger partial charge in [-0.1, -0.05) is 0 Å². The highest BCUT2D eigenvalue weighted by molar-refractivity contribution is 5.73. The number of aromatic hydroxyl groups is 1. The molecule has 3 heterocycles. The number of nitrogens with zero attached hydrogens (tertiary/aromatic N) is 5. The first-order valence-electron chi connectivity index (χ1n) is 9.31. The van der Waals surface area contributed by atoms with Crippen molar-refractivity contribution in [3.05, 3.63) is 35.5 Å². The number of aromatic nitrogens is 4. The second-order valence-corrected chi connectivity index (χ2v) is 7.43. The molecule has 1 saturated heterocycles. The normalized spacial score (nSPS) is 18.3. The van der Waals surface area contributed by atoms with Crippen molar-refractivity contribution in [2.75, 3.05) is 25.5 Å². The van der Waals surface area contributed by atoms with Crippen LogP contribution in [0.5, 0.6) is 5.75 Å². The Morgan fingerprint density at radius 2 is 2.00 bits per heavy atom. The Hall–Kier alpha value is -2.88. The lowest BCUT2D eigenvalue weighted by Gasteiger charge is -2.30. The zero-order chi connectivity index (χ0) is 20.8. The quantitative estimate of drug-likeness (QED) is 0.695. The van der Waals surface area contributed by atoms with Gasteiger partial charge in [-0.2, -0.15) is 18.3 Å². The number of likely N-dealkylation sites (N-methyl/N-ethyl adjacent to an activating group) is 1. The number of likely N-dealkylation sites (tertiary alicyclic amines) is 1.